The van der Waals surface area contributed by atoms with Gasteiger partial charge in [-0.15, -0.1) is 0 Å². The minimum atomic E-state index is -4.06. The summed E-state index contributed by atoms with van der Waals surface area (Å²) in [7, 11) is -4.06. The van der Waals surface area contributed by atoms with Crippen molar-refractivity contribution >= 4 is 27.4 Å². The molecule has 0 saturated carbocycles. The molecule has 0 aromatic heterocycles. The van der Waals surface area contributed by atoms with Gasteiger partial charge in [-0.1, -0.05) is 17.7 Å². The van der Waals surface area contributed by atoms with Crippen LogP contribution in [0.3, 0.4) is 0 Å². The van der Waals surface area contributed by atoms with Crippen LogP contribution in [0.25, 0.3) is 0 Å². The third kappa shape index (κ3) is 3.76. The fourth-order valence-corrected chi connectivity index (χ4v) is 1.84. The highest BCUT2D eigenvalue weighted by atomic mass is 35.5. The quantitative estimate of drug-likeness (QED) is 0.507. The van der Waals surface area contributed by atoms with E-state index >= 15 is 0 Å². The van der Waals surface area contributed by atoms with Gasteiger partial charge >= 0.3 is 0 Å². The summed E-state index contributed by atoms with van der Waals surface area (Å²) in [5, 5.41) is 10.5. The molecule has 1 rings (SSSR count). The highest BCUT2D eigenvalue weighted by molar-refractivity contribution is 7.85. The fraction of sp³-hybridized carbons (Fsp3) is 0.250. The second-order valence-electron chi connectivity index (χ2n) is 3.07. The van der Waals surface area contributed by atoms with E-state index in [1.165, 1.54) is 12.1 Å². The van der Waals surface area contributed by atoms with Gasteiger partial charge in [-0.3, -0.25) is 14.7 Å². The molecule has 0 radical (unpaired) electrons. The highest BCUT2D eigenvalue weighted by Gasteiger charge is 2.11. The van der Waals surface area contributed by atoms with Gasteiger partial charge in [0.2, 0.25) is 0 Å². The van der Waals surface area contributed by atoms with Crippen LogP contribution in [-0.4, -0.2) is 23.6 Å². The first kappa shape index (κ1) is 12.9. The van der Waals surface area contributed by atoms with E-state index in [9.17, 15) is 18.5 Å². The lowest BCUT2D eigenvalue weighted by Crippen LogP contribution is -2.07. The molecular formula is C8H8ClNO5S. The van der Waals surface area contributed by atoms with Gasteiger partial charge in [-0.25, -0.2) is 0 Å². The van der Waals surface area contributed by atoms with Crippen LogP contribution in [0.15, 0.2) is 18.2 Å². The molecule has 0 aliphatic carbocycles. The number of nitro benzene ring substituents is 1. The number of halogens is 1. The number of hydrogen-bond acceptors (Lipinski definition) is 4. The van der Waals surface area contributed by atoms with E-state index in [1.807, 2.05) is 0 Å². The molecule has 0 unspecified atom stereocenters. The van der Waals surface area contributed by atoms with Gasteiger partial charge in [0.15, 0.2) is 0 Å². The zero-order valence-electron chi connectivity index (χ0n) is 7.96. The zero-order chi connectivity index (χ0) is 12.3. The molecule has 0 spiro atoms. The number of nitro groups is 1. The van der Waals surface area contributed by atoms with Gasteiger partial charge in [0.1, 0.15) is 0 Å². The van der Waals surface area contributed by atoms with Crippen molar-refractivity contribution in [3.8, 4) is 0 Å². The van der Waals surface area contributed by atoms with Crippen LogP contribution in [0.1, 0.15) is 5.56 Å². The van der Waals surface area contributed by atoms with Crippen LogP contribution in [0.4, 0.5) is 5.69 Å². The van der Waals surface area contributed by atoms with Crippen LogP contribution in [0.2, 0.25) is 5.02 Å². The second kappa shape index (κ2) is 4.77. The van der Waals surface area contributed by atoms with E-state index < -0.39 is 20.8 Å². The van der Waals surface area contributed by atoms with E-state index in [4.69, 9.17) is 16.2 Å². The normalized spacial score (nSPS) is 11.4. The highest BCUT2D eigenvalue weighted by Crippen LogP contribution is 2.22. The van der Waals surface area contributed by atoms with Gasteiger partial charge in [-0.2, -0.15) is 8.42 Å². The van der Waals surface area contributed by atoms with Gasteiger partial charge in [0.25, 0.3) is 15.8 Å². The summed E-state index contributed by atoms with van der Waals surface area (Å²) in [6.45, 7) is 0. The van der Waals surface area contributed by atoms with Crippen molar-refractivity contribution in [1.82, 2.24) is 0 Å². The molecule has 0 amide bonds. The summed E-state index contributed by atoms with van der Waals surface area (Å²) in [6.07, 6.45) is 0.00958. The Hall–Kier alpha value is -1.18. The van der Waals surface area contributed by atoms with E-state index in [2.05, 4.69) is 0 Å². The van der Waals surface area contributed by atoms with E-state index in [1.54, 1.807) is 0 Å². The number of rotatable bonds is 4. The monoisotopic (exact) mass is 265 g/mol. The van der Waals surface area contributed by atoms with Crippen molar-refractivity contribution in [3.63, 3.8) is 0 Å². The topological polar surface area (TPSA) is 97.5 Å². The van der Waals surface area contributed by atoms with E-state index in [0.29, 0.717) is 5.56 Å². The maximum Gasteiger partial charge on any atom is 0.270 e. The summed E-state index contributed by atoms with van der Waals surface area (Å²) >= 11 is 5.72. The Labute approximate surface area is 96.7 Å². The maximum atomic E-state index is 10.5. The van der Waals surface area contributed by atoms with Crippen molar-refractivity contribution in [3.05, 3.63) is 38.9 Å². The molecule has 6 nitrogen and oxygen atoms in total. The molecule has 0 bridgehead atoms. The maximum absolute atomic E-state index is 10.5. The van der Waals surface area contributed by atoms with Crippen molar-refractivity contribution in [2.24, 2.45) is 0 Å². The molecule has 0 saturated heterocycles. The largest absolute Gasteiger partial charge is 0.286 e. The van der Waals surface area contributed by atoms with Crippen molar-refractivity contribution in [2.45, 2.75) is 6.42 Å². The van der Waals surface area contributed by atoms with Crippen LogP contribution in [-0.2, 0) is 16.5 Å². The molecule has 1 N–H and O–H groups in total. The summed E-state index contributed by atoms with van der Waals surface area (Å²) in [4.78, 5) is 9.79. The minimum absolute atomic E-state index is 0.00958. The lowest BCUT2D eigenvalue weighted by Gasteiger charge is -2.02. The molecule has 0 aliphatic heterocycles. The molecule has 0 atom stereocenters. The van der Waals surface area contributed by atoms with E-state index in [-0.39, 0.29) is 17.1 Å². The predicted molar refractivity (Wildman–Crippen MR) is 58.2 cm³/mol. The van der Waals surface area contributed by atoms with Gasteiger partial charge in [0.05, 0.1) is 15.7 Å². The Morgan fingerprint density at radius 3 is 2.50 bits per heavy atom. The lowest BCUT2D eigenvalue weighted by atomic mass is 10.1. The molecular weight excluding hydrogens is 258 g/mol. The first-order valence-electron chi connectivity index (χ1n) is 4.17. The molecule has 1 aromatic rings. The van der Waals surface area contributed by atoms with Crippen molar-refractivity contribution < 1.29 is 17.9 Å². The Bertz CT molecular complexity index is 513. The van der Waals surface area contributed by atoms with Crippen LogP contribution < -0.4 is 0 Å². The number of non-ortho nitro benzene ring substituents is 1. The third-order valence-electron chi connectivity index (χ3n) is 1.88. The second-order valence-corrected chi connectivity index (χ2v) is 5.05. The molecule has 0 heterocycles. The van der Waals surface area contributed by atoms with Gasteiger partial charge in [-0.05, 0) is 12.0 Å². The Balaban J connectivity index is 2.88. The van der Waals surface area contributed by atoms with E-state index in [0.717, 1.165) is 6.07 Å². The van der Waals surface area contributed by atoms with Crippen LogP contribution in [0.5, 0.6) is 0 Å². The zero-order valence-corrected chi connectivity index (χ0v) is 9.53. The lowest BCUT2D eigenvalue weighted by molar-refractivity contribution is -0.384. The number of aryl methyl sites for hydroxylation is 1. The molecule has 1 aromatic carbocycles. The SMILES string of the molecule is O=[N+]([O-])c1ccc(CCS(=O)(=O)O)c(Cl)c1. The molecule has 88 valence electrons. The number of benzene rings is 1. The summed E-state index contributed by atoms with van der Waals surface area (Å²) in [5.41, 5.74) is 0.269. The fourth-order valence-electron chi connectivity index (χ4n) is 1.09. The average molecular weight is 266 g/mol. The predicted octanol–water partition coefficient (Wildman–Crippen LogP) is 1.68. The number of hydrogen-bond donors (Lipinski definition) is 1. The minimum Gasteiger partial charge on any atom is -0.286 e. The summed E-state index contributed by atoms with van der Waals surface area (Å²) in [5.74, 6) is -0.468. The average Bonchev–Trinajstić information content (AvgIpc) is 2.14. The van der Waals surface area contributed by atoms with Crippen molar-refractivity contribution in [2.75, 3.05) is 5.75 Å². The summed E-state index contributed by atoms with van der Waals surface area (Å²) in [6, 6.07) is 3.73. The molecule has 8 heteroatoms. The first-order valence-corrected chi connectivity index (χ1v) is 6.16. The Kier molecular flexibility index (Phi) is 3.84. The standard InChI is InChI=1S/C8H8ClNO5S/c9-8-5-7(10(11)12)2-1-6(8)3-4-16(13,14)15/h1-2,5H,3-4H2,(H,13,14,15). The summed E-state index contributed by atoms with van der Waals surface area (Å²) < 4.78 is 29.5. The smallest absolute Gasteiger partial charge is 0.270 e. The van der Waals surface area contributed by atoms with Crippen molar-refractivity contribution in [1.29, 1.82) is 0 Å². The van der Waals surface area contributed by atoms with Gasteiger partial charge in [0, 0.05) is 12.1 Å². The molecule has 0 aliphatic rings. The molecule has 0 fully saturated rings. The molecule has 16 heavy (non-hydrogen) atoms. The third-order valence-corrected chi connectivity index (χ3v) is 2.95. The van der Waals surface area contributed by atoms with Crippen LogP contribution >= 0.6 is 11.6 Å². The first-order chi connectivity index (χ1) is 7.29. The number of nitrogens with zero attached hydrogens (tertiary/aromatic N) is 1. The Morgan fingerprint density at radius 1 is 1.44 bits per heavy atom. The van der Waals surface area contributed by atoms with Gasteiger partial charge < -0.3 is 0 Å². The Morgan fingerprint density at radius 2 is 2.06 bits per heavy atom. The van der Waals surface area contributed by atoms with Crippen LogP contribution in [0, 0.1) is 10.1 Å².